The van der Waals surface area contributed by atoms with Crippen LogP contribution in [0.3, 0.4) is 0 Å². The van der Waals surface area contributed by atoms with Crippen molar-refractivity contribution in [1.29, 1.82) is 0 Å². The van der Waals surface area contributed by atoms with Crippen molar-refractivity contribution >= 4 is 34.5 Å². The van der Waals surface area contributed by atoms with Crippen LogP contribution in [0.1, 0.15) is 5.56 Å². The molecule has 0 heterocycles. The van der Waals surface area contributed by atoms with Gasteiger partial charge in [0.25, 0.3) is 0 Å². The van der Waals surface area contributed by atoms with E-state index in [2.05, 4.69) is 10.1 Å². The fourth-order valence-corrected chi connectivity index (χ4v) is 1.88. The Morgan fingerprint density at radius 1 is 1.26 bits per heavy atom. The van der Waals surface area contributed by atoms with E-state index in [1.54, 1.807) is 19.2 Å². The Labute approximate surface area is 125 Å². The van der Waals surface area contributed by atoms with Crippen LogP contribution in [0, 0.1) is 0 Å². The second-order valence-corrected chi connectivity index (χ2v) is 5.32. The SMILES string of the molecule is COC(=O)C(I)CNC(=O)Cc1ccc(OC)cc1. The maximum atomic E-state index is 11.7. The van der Waals surface area contributed by atoms with Gasteiger partial charge in [0.05, 0.1) is 20.6 Å². The number of hydrogen-bond acceptors (Lipinski definition) is 4. The lowest BCUT2D eigenvalue weighted by Gasteiger charge is -2.09. The Hall–Kier alpha value is -1.31. The van der Waals surface area contributed by atoms with E-state index in [1.807, 2.05) is 34.7 Å². The molecule has 1 amide bonds. The zero-order valence-electron chi connectivity index (χ0n) is 10.8. The first-order valence-corrected chi connectivity index (χ1v) is 6.93. The summed E-state index contributed by atoms with van der Waals surface area (Å²) in [5.74, 6) is 0.281. The topological polar surface area (TPSA) is 64.6 Å². The van der Waals surface area contributed by atoms with E-state index in [4.69, 9.17) is 4.74 Å². The molecular weight excluding hydrogens is 361 g/mol. The number of nitrogens with one attached hydrogen (secondary N) is 1. The number of amides is 1. The minimum absolute atomic E-state index is 0.129. The van der Waals surface area contributed by atoms with Gasteiger partial charge in [0.1, 0.15) is 9.67 Å². The maximum Gasteiger partial charge on any atom is 0.320 e. The number of esters is 1. The summed E-state index contributed by atoms with van der Waals surface area (Å²) in [6.07, 6.45) is 0.272. The van der Waals surface area contributed by atoms with Gasteiger partial charge < -0.3 is 14.8 Å². The van der Waals surface area contributed by atoms with Gasteiger partial charge in [-0.2, -0.15) is 0 Å². The van der Waals surface area contributed by atoms with Crippen molar-refractivity contribution < 1.29 is 19.1 Å². The first-order chi connectivity index (χ1) is 9.06. The molecule has 1 aromatic carbocycles. The van der Waals surface area contributed by atoms with Crippen molar-refractivity contribution in [1.82, 2.24) is 5.32 Å². The first kappa shape index (κ1) is 15.7. The van der Waals surface area contributed by atoms with E-state index in [0.29, 0.717) is 0 Å². The van der Waals surface area contributed by atoms with Gasteiger partial charge in [-0.1, -0.05) is 34.7 Å². The van der Waals surface area contributed by atoms with E-state index in [1.165, 1.54) is 7.11 Å². The summed E-state index contributed by atoms with van der Waals surface area (Å²) in [6, 6.07) is 7.27. The molecule has 0 aliphatic rings. The molecule has 1 aromatic rings. The summed E-state index contributed by atoms with van der Waals surface area (Å²) >= 11 is 1.94. The zero-order chi connectivity index (χ0) is 14.3. The van der Waals surface area contributed by atoms with Gasteiger partial charge in [-0.3, -0.25) is 9.59 Å². The van der Waals surface area contributed by atoms with Crippen molar-refractivity contribution in [2.24, 2.45) is 0 Å². The highest BCUT2D eigenvalue weighted by Gasteiger charge is 2.15. The Kier molecular flexibility index (Phi) is 6.61. The molecule has 0 radical (unpaired) electrons. The lowest BCUT2D eigenvalue weighted by molar-refractivity contribution is -0.139. The summed E-state index contributed by atoms with van der Waals surface area (Å²) in [7, 11) is 2.92. The van der Waals surface area contributed by atoms with Crippen LogP contribution >= 0.6 is 22.6 Å². The quantitative estimate of drug-likeness (QED) is 0.462. The second kappa shape index (κ2) is 7.98. The average molecular weight is 377 g/mol. The van der Waals surface area contributed by atoms with E-state index in [0.717, 1.165) is 11.3 Å². The number of benzene rings is 1. The smallest absolute Gasteiger partial charge is 0.320 e. The Bertz CT molecular complexity index is 433. The Morgan fingerprint density at radius 3 is 2.42 bits per heavy atom. The molecule has 104 valence electrons. The van der Waals surface area contributed by atoms with Crippen LogP contribution in [0.25, 0.3) is 0 Å². The molecule has 19 heavy (non-hydrogen) atoms. The highest BCUT2D eigenvalue weighted by atomic mass is 127. The number of ether oxygens (including phenoxy) is 2. The highest BCUT2D eigenvalue weighted by molar-refractivity contribution is 14.1. The van der Waals surface area contributed by atoms with Crippen LogP contribution in [-0.4, -0.2) is 36.6 Å². The Balaban J connectivity index is 2.40. The summed E-state index contributed by atoms with van der Waals surface area (Å²) in [5.41, 5.74) is 0.890. The number of methoxy groups -OCH3 is 2. The van der Waals surface area contributed by atoms with Crippen LogP contribution in [0.2, 0.25) is 0 Å². The largest absolute Gasteiger partial charge is 0.497 e. The van der Waals surface area contributed by atoms with Gasteiger partial charge in [0.2, 0.25) is 5.91 Å². The van der Waals surface area contributed by atoms with E-state index >= 15 is 0 Å². The number of carbonyl (C=O) groups is 2. The second-order valence-electron chi connectivity index (χ2n) is 3.82. The molecule has 5 nitrogen and oxygen atoms in total. The fraction of sp³-hybridized carbons (Fsp3) is 0.385. The van der Waals surface area contributed by atoms with Gasteiger partial charge in [-0.25, -0.2) is 0 Å². The first-order valence-electron chi connectivity index (χ1n) is 5.68. The van der Waals surface area contributed by atoms with Gasteiger partial charge >= 0.3 is 5.97 Å². The summed E-state index contributed by atoms with van der Waals surface area (Å²) in [6.45, 7) is 0.266. The molecule has 6 heteroatoms. The molecule has 1 unspecified atom stereocenters. The zero-order valence-corrected chi connectivity index (χ0v) is 13.0. The molecule has 0 saturated heterocycles. The predicted octanol–water partition coefficient (Wildman–Crippen LogP) is 1.33. The third kappa shape index (κ3) is 5.46. The maximum absolute atomic E-state index is 11.7. The number of halogens is 1. The highest BCUT2D eigenvalue weighted by Crippen LogP contribution is 2.11. The minimum Gasteiger partial charge on any atom is -0.497 e. The molecule has 0 spiro atoms. The van der Waals surface area contributed by atoms with Crippen molar-refractivity contribution in [2.45, 2.75) is 10.3 Å². The van der Waals surface area contributed by atoms with Crippen molar-refractivity contribution in [2.75, 3.05) is 20.8 Å². The third-order valence-electron chi connectivity index (χ3n) is 2.46. The van der Waals surface area contributed by atoms with Crippen molar-refractivity contribution in [3.05, 3.63) is 29.8 Å². The lowest BCUT2D eigenvalue weighted by atomic mass is 10.1. The van der Waals surface area contributed by atoms with Gasteiger partial charge in [-0.15, -0.1) is 0 Å². The Morgan fingerprint density at radius 2 is 1.89 bits per heavy atom. The van der Waals surface area contributed by atoms with Crippen LogP contribution in [-0.2, 0) is 20.7 Å². The van der Waals surface area contributed by atoms with Gasteiger partial charge in [-0.05, 0) is 17.7 Å². The van der Waals surface area contributed by atoms with E-state index in [-0.39, 0.29) is 28.8 Å². The fourth-order valence-electron chi connectivity index (χ4n) is 1.41. The summed E-state index contributed by atoms with van der Waals surface area (Å²) in [4.78, 5) is 22.8. The average Bonchev–Trinajstić information content (AvgIpc) is 2.44. The molecule has 0 aliphatic carbocycles. The normalized spacial score (nSPS) is 11.5. The molecule has 0 saturated carbocycles. The number of hydrogen-bond donors (Lipinski definition) is 1. The van der Waals surface area contributed by atoms with Crippen LogP contribution in [0.15, 0.2) is 24.3 Å². The van der Waals surface area contributed by atoms with E-state index in [9.17, 15) is 9.59 Å². The van der Waals surface area contributed by atoms with Crippen molar-refractivity contribution in [3.63, 3.8) is 0 Å². The molecule has 0 fully saturated rings. The molecule has 0 aromatic heterocycles. The number of alkyl halides is 1. The minimum atomic E-state index is -0.373. The monoisotopic (exact) mass is 377 g/mol. The molecule has 0 bridgehead atoms. The lowest BCUT2D eigenvalue weighted by Crippen LogP contribution is -2.34. The molecule has 1 N–H and O–H groups in total. The van der Waals surface area contributed by atoms with Crippen LogP contribution in [0.4, 0.5) is 0 Å². The van der Waals surface area contributed by atoms with Crippen LogP contribution < -0.4 is 10.1 Å². The molecule has 1 rings (SSSR count). The molecule has 1 atom stereocenters. The van der Waals surface area contributed by atoms with Crippen LogP contribution in [0.5, 0.6) is 5.75 Å². The van der Waals surface area contributed by atoms with Crippen molar-refractivity contribution in [3.8, 4) is 5.75 Å². The standard InChI is InChI=1S/C13H16INO4/c1-18-10-5-3-9(4-6-10)7-12(16)15-8-11(14)13(17)19-2/h3-6,11H,7-8H2,1-2H3,(H,15,16). The van der Waals surface area contributed by atoms with E-state index < -0.39 is 0 Å². The summed E-state index contributed by atoms with van der Waals surface area (Å²) in [5, 5.41) is 2.70. The predicted molar refractivity (Wildman–Crippen MR) is 79.5 cm³/mol. The van der Waals surface area contributed by atoms with Gasteiger partial charge in [0, 0.05) is 6.54 Å². The third-order valence-corrected chi connectivity index (χ3v) is 3.41. The summed E-state index contributed by atoms with van der Waals surface area (Å²) < 4.78 is 9.24. The molecular formula is C13H16INO4. The number of carbonyl (C=O) groups excluding carboxylic acids is 2. The molecule has 0 aliphatic heterocycles. The number of rotatable bonds is 6. The van der Waals surface area contributed by atoms with Gasteiger partial charge in [0.15, 0.2) is 0 Å².